The number of nitrogens with zero attached hydrogens (tertiary/aromatic N) is 1. The monoisotopic (exact) mass is 461 g/mol. The summed E-state index contributed by atoms with van der Waals surface area (Å²) in [4.78, 5) is 4.26. The lowest BCUT2D eigenvalue weighted by Gasteiger charge is -2.13. The van der Waals surface area contributed by atoms with Crippen LogP contribution in [0.4, 0.5) is 0 Å². The molecule has 0 spiro atoms. The maximum absolute atomic E-state index is 5.75. The summed E-state index contributed by atoms with van der Waals surface area (Å²) in [6.07, 6.45) is 3.28. The van der Waals surface area contributed by atoms with E-state index in [0.717, 1.165) is 58.1 Å². The third-order valence-corrected chi connectivity index (χ3v) is 4.07. The molecule has 6 heteroatoms. The quantitative estimate of drug-likeness (QED) is 0.271. The average Bonchev–Trinajstić information content (AvgIpc) is 3.05. The van der Waals surface area contributed by atoms with Crippen molar-refractivity contribution in [3.63, 3.8) is 0 Å². The van der Waals surface area contributed by atoms with Gasteiger partial charge in [0.1, 0.15) is 0 Å². The number of aryl methyl sites for hydroxylation is 2. The van der Waals surface area contributed by atoms with Crippen molar-refractivity contribution in [2.24, 2.45) is 4.99 Å². The van der Waals surface area contributed by atoms with Crippen LogP contribution in [0.3, 0.4) is 0 Å². The van der Waals surface area contributed by atoms with Crippen LogP contribution in [0.5, 0.6) is 0 Å². The fourth-order valence-corrected chi connectivity index (χ4v) is 2.93. The molecule has 1 aromatic rings. The molecule has 142 valence electrons. The zero-order valence-corrected chi connectivity index (χ0v) is 18.0. The molecule has 0 aliphatic carbocycles. The van der Waals surface area contributed by atoms with Crippen LogP contribution in [-0.2, 0) is 15.9 Å². The molecular weight excluding hydrogens is 429 g/mol. The Balaban J connectivity index is 0.00000312. The Hall–Kier alpha value is -0.860. The van der Waals surface area contributed by atoms with Gasteiger partial charge in [0.2, 0.25) is 0 Å². The van der Waals surface area contributed by atoms with E-state index in [0.29, 0.717) is 6.10 Å². The van der Waals surface area contributed by atoms with Crippen molar-refractivity contribution < 1.29 is 9.47 Å². The standard InChI is InChI=1S/C19H31N3O2.HI/c1-15-11-16(2)13-17(12-15)5-8-22-19(20-3)21-7-4-9-24-18-6-10-23-14-18;/h11-13,18H,4-10,14H2,1-3H3,(H2,20,21,22);1H. The molecule has 25 heavy (non-hydrogen) atoms. The number of hydrogen-bond donors (Lipinski definition) is 2. The second-order valence-corrected chi connectivity index (χ2v) is 6.38. The van der Waals surface area contributed by atoms with Crippen molar-refractivity contribution in [3.05, 3.63) is 34.9 Å². The van der Waals surface area contributed by atoms with Crippen LogP contribution in [-0.4, -0.2) is 52.0 Å². The van der Waals surface area contributed by atoms with Crippen LogP contribution in [0.1, 0.15) is 29.5 Å². The van der Waals surface area contributed by atoms with Gasteiger partial charge in [0.05, 0.1) is 12.7 Å². The highest BCUT2D eigenvalue weighted by Crippen LogP contribution is 2.09. The van der Waals surface area contributed by atoms with E-state index in [4.69, 9.17) is 9.47 Å². The predicted octanol–water partition coefficient (Wildman–Crippen LogP) is 2.82. The summed E-state index contributed by atoms with van der Waals surface area (Å²) in [5.74, 6) is 0.851. The summed E-state index contributed by atoms with van der Waals surface area (Å²) in [7, 11) is 1.80. The van der Waals surface area contributed by atoms with Crippen LogP contribution in [0.2, 0.25) is 0 Å². The van der Waals surface area contributed by atoms with Crippen LogP contribution in [0, 0.1) is 13.8 Å². The second kappa shape index (κ2) is 12.5. The Kier molecular flexibility index (Phi) is 11.1. The minimum Gasteiger partial charge on any atom is -0.379 e. The van der Waals surface area contributed by atoms with Gasteiger partial charge in [-0.05, 0) is 38.7 Å². The molecule has 1 aromatic carbocycles. The van der Waals surface area contributed by atoms with Crippen molar-refractivity contribution in [2.45, 2.75) is 39.2 Å². The van der Waals surface area contributed by atoms with Crippen molar-refractivity contribution in [1.29, 1.82) is 0 Å². The molecule has 0 amide bonds. The molecule has 1 aliphatic rings. The molecule has 1 heterocycles. The number of rotatable bonds is 8. The molecule has 5 nitrogen and oxygen atoms in total. The zero-order chi connectivity index (χ0) is 17.2. The van der Waals surface area contributed by atoms with Gasteiger partial charge in [-0.2, -0.15) is 0 Å². The van der Waals surface area contributed by atoms with Crippen LogP contribution < -0.4 is 10.6 Å². The normalized spacial score (nSPS) is 17.2. The Morgan fingerprint density at radius 2 is 1.92 bits per heavy atom. The highest BCUT2D eigenvalue weighted by molar-refractivity contribution is 14.0. The van der Waals surface area contributed by atoms with E-state index in [1.165, 1.54) is 16.7 Å². The minimum atomic E-state index is 0. The molecule has 0 aromatic heterocycles. The third-order valence-electron chi connectivity index (χ3n) is 4.07. The van der Waals surface area contributed by atoms with E-state index in [1.807, 2.05) is 0 Å². The van der Waals surface area contributed by atoms with Gasteiger partial charge in [-0.3, -0.25) is 4.99 Å². The number of ether oxygens (including phenoxy) is 2. The summed E-state index contributed by atoms with van der Waals surface area (Å²) in [6, 6.07) is 6.70. The molecule has 0 radical (unpaired) electrons. The summed E-state index contributed by atoms with van der Waals surface area (Å²) >= 11 is 0. The van der Waals surface area contributed by atoms with E-state index in [2.05, 4.69) is 47.7 Å². The van der Waals surface area contributed by atoms with Crippen LogP contribution in [0.25, 0.3) is 0 Å². The molecule has 1 saturated heterocycles. The van der Waals surface area contributed by atoms with Crippen molar-refractivity contribution in [3.8, 4) is 0 Å². The van der Waals surface area contributed by atoms with Crippen LogP contribution >= 0.6 is 24.0 Å². The number of halogens is 1. The fraction of sp³-hybridized carbons (Fsp3) is 0.632. The molecule has 1 atom stereocenters. The molecule has 1 unspecified atom stereocenters. The second-order valence-electron chi connectivity index (χ2n) is 6.38. The van der Waals surface area contributed by atoms with E-state index >= 15 is 0 Å². The summed E-state index contributed by atoms with van der Waals surface area (Å²) in [5.41, 5.74) is 4.00. The maximum Gasteiger partial charge on any atom is 0.190 e. The first-order valence-corrected chi connectivity index (χ1v) is 8.88. The molecule has 0 bridgehead atoms. The highest BCUT2D eigenvalue weighted by atomic mass is 127. The number of nitrogens with one attached hydrogen (secondary N) is 2. The molecule has 1 fully saturated rings. The van der Waals surface area contributed by atoms with E-state index < -0.39 is 0 Å². The van der Waals surface area contributed by atoms with Gasteiger partial charge >= 0.3 is 0 Å². The molecule has 2 N–H and O–H groups in total. The summed E-state index contributed by atoms with van der Waals surface area (Å²) < 4.78 is 11.0. The largest absolute Gasteiger partial charge is 0.379 e. The van der Waals surface area contributed by atoms with Gasteiger partial charge in [-0.25, -0.2) is 0 Å². The van der Waals surface area contributed by atoms with Gasteiger partial charge in [0, 0.05) is 33.4 Å². The van der Waals surface area contributed by atoms with Crippen molar-refractivity contribution in [1.82, 2.24) is 10.6 Å². The SMILES string of the molecule is CN=C(NCCCOC1CCOC1)NCCc1cc(C)cc(C)c1.I. The third kappa shape index (κ3) is 8.87. The Morgan fingerprint density at radius 3 is 2.56 bits per heavy atom. The summed E-state index contributed by atoms with van der Waals surface area (Å²) in [6.45, 7) is 8.36. The van der Waals surface area contributed by atoms with Gasteiger partial charge in [0.25, 0.3) is 0 Å². The fourth-order valence-electron chi connectivity index (χ4n) is 2.93. The van der Waals surface area contributed by atoms with Gasteiger partial charge in [0.15, 0.2) is 5.96 Å². The number of aliphatic imine (C=N–C) groups is 1. The lowest BCUT2D eigenvalue weighted by molar-refractivity contribution is 0.0420. The molecule has 1 aliphatic heterocycles. The number of hydrogen-bond acceptors (Lipinski definition) is 3. The van der Waals surface area contributed by atoms with Gasteiger partial charge < -0.3 is 20.1 Å². The number of guanidine groups is 1. The Labute approximate surface area is 169 Å². The Morgan fingerprint density at radius 1 is 1.20 bits per heavy atom. The van der Waals surface area contributed by atoms with E-state index in [-0.39, 0.29) is 24.0 Å². The predicted molar refractivity (Wildman–Crippen MR) is 114 cm³/mol. The number of benzene rings is 1. The first-order valence-electron chi connectivity index (χ1n) is 8.88. The summed E-state index contributed by atoms with van der Waals surface area (Å²) in [5, 5.41) is 6.70. The van der Waals surface area contributed by atoms with Crippen molar-refractivity contribution in [2.75, 3.05) is 40.0 Å². The van der Waals surface area contributed by atoms with E-state index in [9.17, 15) is 0 Å². The zero-order valence-electron chi connectivity index (χ0n) is 15.6. The molecular formula is C19H32IN3O2. The lowest BCUT2D eigenvalue weighted by Crippen LogP contribution is -2.39. The first-order chi connectivity index (χ1) is 11.7. The minimum absolute atomic E-state index is 0. The highest BCUT2D eigenvalue weighted by Gasteiger charge is 2.15. The topological polar surface area (TPSA) is 54.9 Å². The first kappa shape index (κ1) is 22.2. The molecule has 0 saturated carbocycles. The smallest absolute Gasteiger partial charge is 0.190 e. The average molecular weight is 461 g/mol. The van der Waals surface area contributed by atoms with Gasteiger partial charge in [-0.1, -0.05) is 29.3 Å². The van der Waals surface area contributed by atoms with Gasteiger partial charge in [-0.15, -0.1) is 24.0 Å². The molecule has 2 rings (SSSR count). The van der Waals surface area contributed by atoms with Crippen LogP contribution in [0.15, 0.2) is 23.2 Å². The lowest BCUT2D eigenvalue weighted by atomic mass is 10.1. The van der Waals surface area contributed by atoms with Crippen molar-refractivity contribution >= 4 is 29.9 Å². The maximum atomic E-state index is 5.75. The Bertz CT molecular complexity index is 511. The van der Waals surface area contributed by atoms with E-state index in [1.54, 1.807) is 7.05 Å².